The Morgan fingerprint density at radius 2 is 1.92 bits per heavy atom. The van der Waals surface area contributed by atoms with E-state index in [1.54, 1.807) is 32.9 Å². The lowest BCUT2D eigenvalue weighted by Gasteiger charge is -2.29. The first-order valence-electron chi connectivity index (χ1n) is 7.80. The van der Waals surface area contributed by atoms with Crippen LogP contribution in [0.2, 0.25) is 0 Å². The van der Waals surface area contributed by atoms with Crippen molar-refractivity contribution in [2.45, 2.75) is 45.8 Å². The van der Waals surface area contributed by atoms with E-state index in [-0.39, 0.29) is 5.82 Å². The zero-order valence-corrected chi connectivity index (χ0v) is 14.9. The minimum absolute atomic E-state index is 0.225. The van der Waals surface area contributed by atoms with E-state index in [9.17, 15) is 14.9 Å². The smallest absolute Gasteiger partial charge is 0.408 e. The van der Waals surface area contributed by atoms with E-state index in [1.165, 1.54) is 16.9 Å². The van der Waals surface area contributed by atoms with Gasteiger partial charge in [0.1, 0.15) is 5.60 Å². The van der Waals surface area contributed by atoms with E-state index < -0.39 is 22.2 Å². The number of hydrogen-bond acceptors (Lipinski definition) is 5. The molecular formula is C17H22N4O4. The fourth-order valence-corrected chi connectivity index (χ4v) is 2.22. The Bertz CT molecular complexity index is 790. The third-order valence-corrected chi connectivity index (χ3v) is 3.41. The molecule has 0 aliphatic carbocycles. The Balaban J connectivity index is 2.24. The van der Waals surface area contributed by atoms with Crippen LogP contribution in [0.15, 0.2) is 36.5 Å². The summed E-state index contributed by atoms with van der Waals surface area (Å²) >= 11 is 0. The van der Waals surface area contributed by atoms with Gasteiger partial charge in [0.25, 0.3) is 0 Å². The number of amides is 1. The molecule has 2 rings (SSSR count). The van der Waals surface area contributed by atoms with E-state index in [0.29, 0.717) is 5.69 Å². The lowest BCUT2D eigenvalue weighted by atomic mass is 9.94. The SMILES string of the molecule is CC(C)(C)OC(=O)NC(C)(C)c1cccc(-n2ccc([N+](=O)[O-])n2)c1. The number of benzene rings is 1. The number of ether oxygens (including phenoxy) is 1. The molecule has 0 radical (unpaired) electrons. The Morgan fingerprint density at radius 3 is 2.48 bits per heavy atom. The molecule has 8 nitrogen and oxygen atoms in total. The van der Waals surface area contributed by atoms with Gasteiger partial charge in [-0.2, -0.15) is 0 Å². The number of nitrogens with one attached hydrogen (secondary N) is 1. The highest BCUT2D eigenvalue weighted by atomic mass is 16.6. The number of carbonyl (C=O) groups is 1. The molecule has 0 saturated heterocycles. The molecule has 8 heteroatoms. The molecule has 0 aliphatic rings. The largest absolute Gasteiger partial charge is 0.444 e. The summed E-state index contributed by atoms with van der Waals surface area (Å²) < 4.78 is 6.72. The van der Waals surface area contributed by atoms with E-state index in [2.05, 4.69) is 10.4 Å². The lowest BCUT2D eigenvalue weighted by molar-refractivity contribution is -0.389. The van der Waals surface area contributed by atoms with Crippen LogP contribution in [0, 0.1) is 10.1 Å². The molecule has 1 amide bonds. The number of hydrogen-bond donors (Lipinski definition) is 1. The van der Waals surface area contributed by atoms with Gasteiger partial charge in [0, 0.05) is 0 Å². The molecule has 0 saturated carbocycles. The first-order chi connectivity index (χ1) is 11.5. The molecule has 25 heavy (non-hydrogen) atoms. The van der Waals surface area contributed by atoms with Gasteiger partial charge in [-0.25, -0.2) is 4.79 Å². The topological polar surface area (TPSA) is 99.3 Å². The number of nitrogens with zero attached hydrogens (tertiary/aromatic N) is 3. The molecule has 1 N–H and O–H groups in total. The molecule has 134 valence electrons. The number of rotatable bonds is 4. The third kappa shape index (κ3) is 4.79. The second-order valence-electron chi connectivity index (χ2n) is 7.18. The zero-order valence-electron chi connectivity index (χ0n) is 14.9. The Morgan fingerprint density at radius 1 is 1.24 bits per heavy atom. The average molecular weight is 346 g/mol. The van der Waals surface area contributed by atoms with E-state index in [0.717, 1.165) is 5.56 Å². The van der Waals surface area contributed by atoms with Crippen LogP contribution in [0.1, 0.15) is 40.2 Å². The summed E-state index contributed by atoms with van der Waals surface area (Å²) in [7, 11) is 0. The minimum Gasteiger partial charge on any atom is -0.444 e. The fourth-order valence-electron chi connectivity index (χ4n) is 2.22. The molecule has 0 spiro atoms. The maximum Gasteiger partial charge on any atom is 0.408 e. The average Bonchev–Trinajstić information content (AvgIpc) is 2.94. The lowest BCUT2D eigenvalue weighted by Crippen LogP contribution is -2.43. The van der Waals surface area contributed by atoms with Crippen LogP contribution in [0.3, 0.4) is 0 Å². The Labute approximate surface area is 145 Å². The van der Waals surface area contributed by atoms with Crippen molar-refractivity contribution >= 4 is 11.9 Å². The van der Waals surface area contributed by atoms with Crippen LogP contribution in [-0.4, -0.2) is 26.4 Å². The first kappa shape index (κ1) is 18.4. The zero-order chi connectivity index (χ0) is 18.8. The van der Waals surface area contributed by atoms with Gasteiger partial charge < -0.3 is 20.2 Å². The predicted molar refractivity (Wildman–Crippen MR) is 92.6 cm³/mol. The molecule has 0 unspecified atom stereocenters. The van der Waals surface area contributed by atoms with Gasteiger partial charge in [0.05, 0.1) is 28.6 Å². The van der Waals surface area contributed by atoms with Crippen molar-refractivity contribution in [1.82, 2.24) is 15.1 Å². The Hall–Kier alpha value is -2.90. The van der Waals surface area contributed by atoms with Crippen molar-refractivity contribution in [3.8, 4) is 5.69 Å². The van der Waals surface area contributed by atoms with Crippen LogP contribution in [0.5, 0.6) is 0 Å². The van der Waals surface area contributed by atoms with Gasteiger partial charge in [-0.15, -0.1) is 4.68 Å². The standard InChI is InChI=1S/C17H22N4O4/c1-16(2,3)25-15(22)18-17(4,5)12-7-6-8-13(11-12)20-10-9-14(19-20)21(23)24/h6-11H,1-5H3,(H,18,22). The van der Waals surface area contributed by atoms with Gasteiger partial charge in [-0.05, 0) is 57.2 Å². The summed E-state index contributed by atoms with van der Waals surface area (Å²) in [5, 5.41) is 17.5. The van der Waals surface area contributed by atoms with E-state index >= 15 is 0 Å². The normalized spacial score (nSPS) is 11.9. The number of nitro groups is 1. The van der Waals surface area contributed by atoms with Gasteiger partial charge in [0.2, 0.25) is 0 Å². The van der Waals surface area contributed by atoms with Crippen LogP contribution in [0.4, 0.5) is 10.6 Å². The summed E-state index contributed by atoms with van der Waals surface area (Å²) in [4.78, 5) is 22.3. The van der Waals surface area contributed by atoms with Crippen molar-refractivity contribution in [2.75, 3.05) is 0 Å². The minimum atomic E-state index is -0.697. The van der Waals surface area contributed by atoms with E-state index in [1.807, 2.05) is 26.0 Å². The summed E-state index contributed by atoms with van der Waals surface area (Å²) in [6.45, 7) is 9.09. The van der Waals surface area contributed by atoms with Crippen molar-refractivity contribution in [2.24, 2.45) is 0 Å². The van der Waals surface area contributed by atoms with Crippen molar-refractivity contribution in [1.29, 1.82) is 0 Å². The molecule has 0 fully saturated rings. The summed E-state index contributed by atoms with van der Waals surface area (Å²) in [5.41, 5.74) is 0.187. The molecule has 2 aromatic rings. The van der Waals surface area contributed by atoms with Gasteiger partial charge in [-0.3, -0.25) is 0 Å². The third-order valence-electron chi connectivity index (χ3n) is 3.41. The van der Waals surface area contributed by atoms with Crippen LogP contribution in [-0.2, 0) is 10.3 Å². The van der Waals surface area contributed by atoms with Crippen molar-refractivity contribution in [3.63, 3.8) is 0 Å². The monoisotopic (exact) mass is 346 g/mol. The first-order valence-corrected chi connectivity index (χ1v) is 7.80. The second kappa shape index (κ2) is 6.54. The summed E-state index contributed by atoms with van der Waals surface area (Å²) in [6.07, 6.45) is 1.00. The second-order valence-corrected chi connectivity index (χ2v) is 7.18. The van der Waals surface area contributed by atoms with Gasteiger partial charge >= 0.3 is 11.9 Å². The van der Waals surface area contributed by atoms with Gasteiger partial charge in [-0.1, -0.05) is 12.1 Å². The van der Waals surface area contributed by atoms with Crippen molar-refractivity contribution in [3.05, 3.63) is 52.2 Å². The fraction of sp³-hybridized carbons (Fsp3) is 0.412. The molecule has 0 bridgehead atoms. The molecule has 1 aromatic carbocycles. The summed E-state index contributed by atoms with van der Waals surface area (Å²) in [6, 6.07) is 8.59. The molecular weight excluding hydrogens is 324 g/mol. The quantitative estimate of drug-likeness (QED) is 0.674. The molecule has 1 heterocycles. The van der Waals surface area contributed by atoms with E-state index in [4.69, 9.17) is 4.74 Å². The predicted octanol–water partition coefficient (Wildman–Crippen LogP) is 3.54. The van der Waals surface area contributed by atoms with Crippen molar-refractivity contribution < 1.29 is 14.5 Å². The Kier molecular flexibility index (Phi) is 4.82. The molecule has 0 atom stereocenters. The van der Waals surface area contributed by atoms with Crippen LogP contribution < -0.4 is 5.32 Å². The number of aromatic nitrogens is 2. The summed E-state index contributed by atoms with van der Waals surface area (Å²) in [5.74, 6) is -0.225. The maximum absolute atomic E-state index is 12.1. The van der Waals surface area contributed by atoms with Crippen LogP contribution >= 0.6 is 0 Å². The maximum atomic E-state index is 12.1. The highest BCUT2D eigenvalue weighted by Crippen LogP contribution is 2.23. The van der Waals surface area contributed by atoms with Gasteiger partial charge in [0.15, 0.2) is 0 Å². The highest BCUT2D eigenvalue weighted by molar-refractivity contribution is 5.69. The number of alkyl carbamates (subject to hydrolysis) is 1. The highest BCUT2D eigenvalue weighted by Gasteiger charge is 2.27. The molecule has 0 aliphatic heterocycles. The number of carbonyl (C=O) groups excluding carboxylic acids is 1. The van der Waals surface area contributed by atoms with Crippen LogP contribution in [0.25, 0.3) is 5.69 Å². The molecule has 1 aromatic heterocycles.